The minimum Gasteiger partial charge on any atom is -0.373 e. The first kappa shape index (κ1) is 5.92. The Labute approximate surface area is 70.6 Å². The monoisotopic (exact) mass is 162 g/mol. The highest BCUT2D eigenvalue weighted by molar-refractivity contribution is 5.89. The van der Waals surface area contributed by atoms with E-state index in [0.717, 1.165) is 6.42 Å². The zero-order valence-corrected chi connectivity index (χ0v) is 6.64. The van der Waals surface area contributed by atoms with E-state index in [-0.39, 0.29) is 5.92 Å². The normalized spacial score (nSPS) is 63.8. The van der Waals surface area contributed by atoms with Crippen molar-refractivity contribution < 1.29 is 9.53 Å². The van der Waals surface area contributed by atoms with Crippen LogP contribution in [0.25, 0.3) is 0 Å². The van der Waals surface area contributed by atoms with E-state index in [2.05, 4.69) is 12.2 Å². The van der Waals surface area contributed by atoms with Crippen LogP contribution in [0.2, 0.25) is 0 Å². The number of hydrogen-bond donors (Lipinski definition) is 0. The summed E-state index contributed by atoms with van der Waals surface area (Å²) in [6.07, 6.45) is 6.12. The molecule has 2 saturated heterocycles. The van der Waals surface area contributed by atoms with Gasteiger partial charge in [-0.05, 0) is 6.42 Å². The molecule has 3 aliphatic carbocycles. The molecular weight excluding hydrogens is 152 g/mol. The molecule has 0 amide bonds. The summed E-state index contributed by atoms with van der Waals surface area (Å²) in [5, 5.41) is 0. The minimum absolute atomic E-state index is 0.245. The van der Waals surface area contributed by atoms with Crippen molar-refractivity contribution >= 4 is 5.78 Å². The second kappa shape index (κ2) is 1.53. The maximum absolute atomic E-state index is 11.8. The third kappa shape index (κ3) is 0.403. The van der Waals surface area contributed by atoms with E-state index in [1.54, 1.807) is 0 Å². The predicted octanol–water partition coefficient (Wildman–Crippen LogP) is 0.775. The molecule has 5 aliphatic rings. The minimum atomic E-state index is 0.245. The van der Waals surface area contributed by atoms with Gasteiger partial charge >= 0.3 is 0 Å². The van der Waals surface area contributed by atoms with Gasteiger partial charge in [0.05, 0.1) is 18.1 Å². The molecule has 0 unspecified atom stereocenters. The van der Waals surface area contributed by atoms with Crippen molar-refractivity contribution in [2.75, 3.05) is 0 Å². The molecule has 5 rings (SSSR count). The van der Waals surface area contributed by atoms with Crippen LogP contribution in [0.4, 0.5) is 0 Å². The summed E-state index contributed by atoms with van der Waals surface area (Å²) in [6, 6.07) is 0. The predicted molar refractivity (Wildman–Crippen MR) is 41.4 cm³/mol. The van der Waals surface area contributed by atoms with E-state index in [9.17, 15) is 4.79 Å². The lowest BCUT2D eigenvalue weighted by molar-refractivity contribution is -0.128. The van der Waals surface area contributed by atoms with E-state index in [0.29, 0.717) is 35.7 Å². The average Bonchev–Trinajstić information content (AvgIpc) is 2.56. The summed E-state index contributed by atoms with van der Waals surface area (Å²) < 4.78 is 5.83. The molecule has 0 spiro atoms. The smallest absolute Gasteiger partial charge is 0.143 e. The second-order valence-corrected chi connectivity index (χ2v) is 4.45. The van der Waals surface area contributed by atoms with Gasteiger partial charge in [-0.3, -0.25) is 4.79 Å². The molecule has 0 aromatic carbocycles. The van der Waals surface area contributed by atoms with E-state index >= 15 is 0 Å². The Kier molecular flexibility index (Phi) is 0.756. The van der Waals surface area contributed by atoms with Gasteiger partial charge < -0.3 is 4.74 Å². The van der Waals surface area contributed by atoms with Crippen LogP contribution in [0.5, 0.6) is 0 Å². The molecule has 2 heterocycles. The Hall–Kier alpha value is -0.630. The molecule has 2 heteroatoms. The molecule has 12 heavy (non-hydrogen) atoms. The Morgan fingerprint density at radius 3 is 3.08 bits per heavy atom. The van der Waals surface area contributed by atoms with Gasteiger partial charge in [-0.15, -0.1) is 0 Å². The Morgan fingerprint density at radius 2 is 2.17 bits per heavy atom. The summed E-state index contributed by atoms with van der Waals surface area (Å²) in [6.45, 7) is 0. The fourth-order valence-electron chi connectivity index (χ4n) is 3.67. The molecule has 62 valence electrons. The van der Waals surface area contributed by atoms with Gasteiger partial charge in [0.1, 0.15) is 5.78 Å². The summed E-state index contributed by atoms with van der Waals surface area (Å²) in [5.74, 6) is 1.96. The van der Waals surface area contributed by atoms with Gasteiger partial charge in [0.25, 0.3) is 0 Å². The quantitative estimate of drug-likeness (QED) is 0.492. The number of ketones is 1. The fourth-order valence-corrected chi connectivity index (χ4v) is 3.67. The maximum Gasteiger partial charge on any atom is 0.143 e. The van der Waals surface area contributed by atoms with E-state index in [4.69, 9.17) is 4.74 Å². The van der Waals surface area contributed by atoms with Crippen LogP contribution >= 0.6 is 0 Å². The van der Waals surface area contributed by atoms with Crippen molar-refractivity contribution in [2.45, 2.75) is 18.6 Å². The van der Waals surface area contributed by atoms with Crippen molar-refractivity contribution in [3.05, 3.63) is 12.2 Å². The van der Waals surface area contributed by atoms with E-state index < -0.39 is 0 Å². The van der Waals surface area contributed by atoms with Crippen LogP contribution in [0.15, 0.2) is 12.2 Å². The number of carbonyl (C=O) groups is 1. The van der Waals surface area contributed by atoms with Crippen LogP contribution in [0, 0.1) is 23.7 Å². The van der Waals surface area contributed by atoms with Crippen molar-refractivity contribution in [2.24, 2.45) is 23.7 Å². The average molecular weight is 162 g/mol. The topological polar surface area (TPSA) is 26.3 Å². The molecule has 6 bridgehead atoms. The maximum atomic E-state index is 11.8. The van der Waals surface area contributed by atoms with E-state index in [1.165, 1.54) is 0 Å². The number of Topliss-reactive ketones (excluding diaryl/α,β-unsaturated/α-hetero) is 1. The van der Waals surface area contributed by atoms with E-state index in [1.807, 2.05) is 0 Å². The highest BCUT2D eigenvalue weighted by atomic mass is 16.5. The molecule has 2 saturated carbocycles. The van der Waals surface area contributed by atoms with Gasteiger partial charge in [0.2, 0.25) is 0 Å². The van der Waals surface area contributed by atoms with Crippen LogP contribution in [-0.2, 0) is 9.53 Å². The third-order valence-corrected chi connectivity index (χ3v) is 4.11. The van der Waals surface area contributed by atoms with Gasteiger partial charge in [-0.25, -0.2) is 0 Å². The molecular formula is C10H10O2. The first-order valence-corrected chi connectivity index (χ1v) is 4.74. The lowest BCUT2D eigenvalue weighted by Gasteiger charge is -2.31. The first-order chi connectivity index (χ1) is 5.86. The zero-order chi connectivity index (χ0) is 7.87. The summed E-state index contributed by atoms with van der Waals surface area (Å²) in [7, 11) is 0. The molecule has 0 radical (unpaired) electrons. The highest BCUT2D eigenvalue weighted by Crippen LogP contribution is 2.58. The third-order valence-electron chi connectivity index (χ3n) is 4.11. The van der Waals surface area contributed by atoms with Gasteiger partial charge in [-0.2, -0.15) is 0 Å². The Bertz CT molecular complexity index is 299. The molecule has 0 aromatic heterocycles. The standard InChI is InChI=1S/C10H10O2/c11-9-6-3-7-8(9)5-2-1-4(6)10(5)12-7/h1-2,4-8,10H,3H2/t4-,5-,6-,7+,8+,10-/m0/s1. The molecule has 0 N–H and O–H groups in total. The summed E-state index contributed by atoms with van der Waals surface area (Å²) >= 11 is 0. The van der Waals surface area contributed by atoms with Crippen molar-refractivity contribution in [3.8, 4) is 0 Å². The lowest BCUT2D eigenvalue weighted by Crippen LogP contribution is -2.38. The molecule has 2 nitrogen and oxygen atoms in total. The second-order valence-electron chi connectivity index (χ2n) is 4.45. The number of rotatable bonds is 0. The largest absolute Gasteiger partial charge is 0.373 e. The van der Waals surface area contributed by atoms with Crippen molar-refractivity contribution in [3.63, 3.8) is 0 Å². The zero-order valence-electron chi connectivity index (χ0n) is 6.64. The van der Waals surface area contributed by atoms with Crippen LogP contribution < -0.4 is 0 Å². The Morgan fingerprint density at radius 1 is 1.33 bits per heavy atom. The SMILES string of the molecule is O=C1[C@@H]2[C@@H]3C=C[C@@H]4[C@@H]3O[C@@H]2C[C@H]14. The number of hydrogen-bond acceptors (Lipinski definition) is 2. The van der Waals surface area contributed by atoms with Crippen LogP contribution in [-0.4, -0.2) is 18.0 Å². The fraction of sp³-hybridized carbons (Fsp3) is 0.700. The molecule has 2 aliphatic heterocycles. The van der Waals surface area contributed by atoms with Crippen LogP contribution in [0.3, 0.4) is 0 Å². The van der Waals surface area contributed by atoms with Crippen molar-refractivity contribution in [1.29, 1.82) is 0 Å². The summed E-state index contributed by atoms with van der Waals surface area (Å²) in [5.41, 5.74) is 0. The van der Waals surface area contributed by atoms with Gasteiger partial charge in [0.15, 0.2) is 0 Å². The Balaban J connectivity index is 1.99. The van der Waals surface area contributed by atoms with Gasteiger partial charge in [0, 0.05) is 17.8 Å². The van der Waals surface area contributed by atoms with Crippen molar-refractivity contribution in [1.82, 2.24) is 0 Å². The van der Waals surface area contributed by atoms with Gasteiger partial charge in [-0.1, -0.05) is 12.2 Å². The molecule has 6 atom stereocenters. The molecule has 4 fully saturated rings. The lowest BCUT2D eigenvalue weighted by atomic mass is 9.76. The first-order valence-electron chi connectivity index (χ1n) is 4.74. The molecule has 0 aromatic rings. The number of ether oxygens (including phenoxy) is 1. The number of carbonyl (C=O) groups excluding carboxylic acids is 1. The van der Waals surface area contributed by atoms with Crippen LogP contribution in [0.1, 0.15) is 6.42 Å². The highest BCUT2D eigenvalue weighted by Gasteiger charge is 2.65. The summed E-state index contributed by atoms with van der Waals surface area (Å²) in [4.78, 5) is 11.8.